The second-order valence-electron chi connectivity index (χ2n) is 6.70. The zero-order chi connectivity index (χ0) is 15.4. The molecule has 21 heavy (non-hydrogen) atoms. The Hall–Kier alpha value is -0.0400. The summed E-state index contributed by atoms with van der Waals surface area (Å²) in [4.78, 5) is 0. The maximum absolute atomic E-state index is 3.00. The molecule has 1 heteroatoms. The zero-order valence-corrected chi connectivity index (χ0v) is 15.2. The predicted octanol–water partition coefficient (Wildman–Crippen LogP) is 6.86. The molecular formula is C20H43N. The number of unbranched alkanes of at least 4 members (excludes halogenated alkanes) is 15. The van der Waals surface area contributed by atoms with Gasteiger partial charge in [0, 0.05) is 13.1 Å². The third-order valence-corrected chi connectivity index (χ3v) is 4.21. The molecule has 1 aliphatic rings. The fourth-order valence-electron chi connectivity index (χ4n) is 2.62. The maximum atomic E-state index is 3.00. The molecule has 128 valence electrons. The van der Waals surface area contributed by atoms with Crippen LogP contribution in [0.25, 0.3) is 0 Å². The predicted molar refractivity (Wildman–Crippen MR) is 98.1 cm³/mol. The van der Waals surface area contributed by atoms with Crippen LogP contribution >= 0.6 is 0 Å². The lowest BCUT2D eigenvalue weighted by Crippen LogP contribution is -1.83. The van der Waals surface area contributed by atoms with E-state index in [2.05, 4.69) is 19.2 Å². The third kappa shape index (κ3) is 25.3. The van der Waals surface area contributed by atoms with E-state index in [1.54, 1.807) is 0 Å². The van der Waals surface area contributed by atoms with Gasteiger partial charge in [0.05, 0.1) is 0 Å². The first-order chi connectivity index (χ1) is 10.4. The van der Waals surface area contributed by atoms with E-state index >= 15 is 0 Å². The summed E-state index contributed by atoms with van der Waals surface area (Å²) in [7, 11) is 0. The molecule has 1 heterocycles. The highest BCUT2D eigenvalue weighted by Gasteiger charge is 1.93. The number of hydrogen-bond acceptors (Lipinski definition) is 1. The van der Waals surface area contributed by atoms with Gasteiger partial charge in [-0.25, -0.2) is 0 Å². The molecule has 0 aromatic carbocycles. The lowest BCUT2D eigenvalue weighted by molar-refractivity contribution is 0.531. The maximum Gasteiger partial charge on any atom is 0.00772 e. The summed E-state index contributed by atoms with van der Waals surface area (Å²) in [5.74, 6) is 0. The molecule has 0 aliphatic carbocycles. The molecule has 0 unspecified atom stereocenters. The SMILES string of the molecule is C1CN1.CCCCCCCCCCCCCCCCCC. The fourth-order valence-corrected chi connectivity index (χ4v) is 2.62. The molecule has 0 radical (unpaired) electrons. The van der Waals surface area contributed by atoms with Crippen LogP contribution in [0.1, 0.15) is 117 Å². The third-order valence-electron chi connectivity index (χ3n) is 4.21. The van der Waals surface area contributed by atoms with Gasteiger partial charge in [0.1, 0.15) is 0 Å². The van der Waals surface area contributed by atoms with Crippen molar-refractivity contribution in [3.63, 3.8) is 0 Å². The summed E-state index contributed by atoms with van der Waals surface area (Å²) in [6, 6.07) is 0. The molecule has 0 aromatic rings. The van der Waals surface area contributed by atoms with Crippen molar-refractivity contribution in [1.82, 2.24) is 5.32 Å². The highest BCUT2D eigenvalue weighted by molar-refractivity contribution is 4.58. The average Bonchev–Trinajstić information content (AvgIpc) is 3.36. The van der Waals surface area contributed by atoms with Crippen LogP contribution < -0.4 is 5.32 Å². The van der Waals surface area contributed by atoms with Crippen molar-refractivity contribution in [2.45, 2.75) is 117 Å². The van der Waals surface area contributed by atoms with E-state index in [0.29, 0.717) is 0 Å². The smallest absolute Gasteiger partial charge is 0.00772 e. The highest BCUT2D eigenvalue weighted by Crippen LogP contribution is 2.13. The number of rotatable bonds is 15. The summed E-state index contributed by atoms with van der Waals surface area (Å²) in [5, 5.41) is 3.00. The van der Waals surface area contributed by atoms with Gasteiger partial charge in [-0.15, -0.1) is 0 Å². The molecule has 1 saturated heterocycles. The second kappa shape index (κ2) is 20.0. The molecule has 0 aromatic heterocycles. The monoisotopic (exact) mass is 297 g/mol. The largest absolute Gasteiger partial charge is 0.314 e. The van der Waals surface area contributed by atoms with Gasteiger partial charge >= 0.3 is 0 Å². The minimum Gasteiger partial charge on any atom is -0.314 e. The number of hydrogen-bond donors (Lipinski definition) is 1. The summed E-state index contributed by atoms with van der Waals surface area (Å²) in [5.41, 5.74) is 0. The Morgan fingerprint density at radius 3 is 0.762 bits per heavy atom. The first kappa shape index (κ1) is 21.0. The Morgan fingerprint density at radius 1 is 0.429 bits per heavy atom. The van der Waals surface area contributed by atoms with Gasteiger partial charge in [0.25, 0.3) is 0 Å². The van der Waals surface area contributed by atoms with Crippen LogP contribution in [0.2, 0.25) is 0 Å². The molecule has 1 fully saturated rings. The first-order valence-electron chi connectivity index (χ1n) is 10.1. The van der Waals surface area contributed by atoms with E-state index in [0.717, 1.165) is 0 Å². The van der Waals surface area contributed by atoms with E-state index < -0.39 is 0 Å². The average molecular weight is 298 g/mol. The van der Waals surface area contributed by atoms with Crippen LogP contribution in [0.3, 0.4) is 0 Å². The van der Waals surface area contributed by atoms with Crippen LogP contribution in [-0.2, 0) is 0 Å². The molecule has 1 aliphatic heterocycles. The lowest BCUT2D eigenvalue weighted by Gasteiger charge is -2.03. The Labute approximate surface area is 135 Å². The zero-order valence-electron chi connectivity index (χ0n) is 15.2. The summed E-state index contributed by atoms with van der Waals surface area (Å²) >= 11 is 0. The van der Waals surface area contributed by atoms with Gasteiger partial charge in [-0.1, -0.05) is 117 Å². The van der Waals surface area contributed by atoms with Crippen molar-refractivity contribution >= 4 is 0 Å². The van der Waals surface area contributed by atoms with Crippen molar-refractivity contribution in [2.24, 2.45) is 0 Å². The number of nitrogens with one attached hydrogen (secondary N) is 1. The Bertz CT molecular complexity index is 146. The minimum atomic E-state index is 1.25. The molecular weight excluding hydrogens is 254 g/mol. The van der Waals surface area contributed by atoms with Crippen LogP contribution in [0.15, 0.2) is 0 Å². The van der Waals surface area contributed by atoms with Gasteiger partial charge in [-0.05, 0) is 0 Å². The van der Waals surface area contributed by atoms with Gasteiger partial charge in [-0.3, -0.25) is 0 Å². The lowest BCUT2D eigenvalue weighted by atomic mass is 10.0. The first-order valence-corrected chi connectivity index (χ1v) is 10.1. The molecule has 0 saturated carbocycles. The Morgan fingerprint density at radius 2 is 0.619 bits per heavy atom. The molecule has 0 spiro atoms. The molecule has 0 bridgehead atoms. The summed E-state index contributed by atoms with van der Waals surface area (Å²) in [6.07, 6.45) is 23.4. The Balaban J connectivity index is 0.00000117. The molecule has 1 rings (SSSR count). The molecule has 1 nitrogen and oxygen atoms in total. The topological polar surface area (TPSA) is 21.9 Å². The van der Waals surface area contributed by atoms with E-state index in [4.69, 9.17) is 0 Å². The molecule has 0 atom stereocenters. The fraction of sp³-hybridized carbons (Fsp3) is 1.00. The van der Waals surface area contributed by atoms with Gasteiger partial charge in [0.15, 0.2) is 0 Å². The van der Waals surface area contributed by atoms with E-state index in [9.17, 15) is 0 Å². The van der Waals surface area contributed by atoms with E-state index in [-0.39, 0.29) is 0 Å². The molecule has 1 N–H and O–H groups in total. The van der Waals surface area contributed by atoms with Crippen LogP contribution in [0, 0.1) is 0 Å². The summed E-state index contributed by atoms with van der Waals surface area (Å²) in [6.45, 7) is 7.09. The Kier molecular flexibility index (Phi) is 19.9. The molecule has 0 amide bonds. The van der Waals surface area contributed by atoms with Crippen molar-refractivity contribution in [3.05, 3.63) is 0 Å². The van der Waals surface area contributed by atoms with Crippen molar-refractivity contribution in [2.75, 3.05) is 13.1 Å². The minimum absolute atomic E-state index is 1.25. The standard InChI is InChI=1S/C18H38.C2H5N/c1-3-5-7-9-11-13-15-17-18-16-14-12-10-8-6-4-2;1-2-3-1/h3-18H2,1-2H3;3H,1-2H2. The second-order valence-corrected chi connectivity index (χ2v) is 6.70. The van der Waals surface area contributed by atoms with Gasteiger partial charge in [0.2, 0.25) is 0 Å². The van der Waals surface area contributed by atoms with E-state index in [1.807, 2.05) is 0 Å². The van der Waals surface area contributed by atoms with Crippen LogP contribution in [0.4, 0.5) is 0 Å². The van der Waals surface area contributed by atoms with Crippen LogP contribution in [0.5, 0.6) is 0 Å². The normalized spacial score (nSPS) is 12.9. The quantitative estimate of drug-likeness (QED) is 0.259. The van der Waals surface area contributed by atoms with E-state index in [1.165, 1.54) is 116 Å². The van der Waals surface area contributed by atoms with Crippen molar-refractivity contribution < 1.29 is 0 Å². The van der Waals surface area contributed by atoms with Crippen LogP contribution in [-0.4, -0.2) is 13.1 Å². The van der Waals surface area contributed by atoms with Gasteiger partial charge in [-0.2, -0.15) is 0 Å². The highest BCUT2D eigenvalue weighted by atomic mass is 15.0. The van der Waals surface area contributed by atoms with Crippen molar-refractivity contribution in [3.8, 4) is 0 Å². The summed E-state index contributed by atoms with van der Waals surface area (Å²) < 4.78 is 0. The van der Waals surface area contributed by atoms with Crippen molar-refractivity contribution in [1.29, 1.82) is 0 Å². The van der Waals surface area contributed by atoms with Gasteiger partial charge < -0.3 is 5.32 Å².